The predicted molar refractivity (Wildman–Crippen MR) is 105 cm³/mol. The Morgan fingerprint density at radius 1 is 0.926 bits per heavy atom. The van der Waals surface area contributed by atoms with Crippen LogP contribution in [-0.4, -0.2) is 28.4 Å². The largest absolute Gasteiger partial charge is 0.508 e. The van der Waals surface area contributed by atoms with Crippen molar-refractivity contribution in [3.05, 3.63) is 65.7 Å². The molecular formula is C22H22O5. The summed E-state index contributed by atoms with van der Waals surface area (Å²) in [5, 5.41) is 19.0. The molecule has 0 heterocycles. The van der Waals surface area contributed by atoms with Crippen molar-refractivity contribution in [3.8, 4) is 17.2 Å². The smallest absolute Gasteiger partial charge is 0.163 e. The van der Waals surface area contributed by atoms with Crippen LogP contribution in [0, 0.1) is 0 Å². The number of aromatic hydroxyl groups is 2. The van der Waals surface area contributed by atoms with E-state index in [1.807, 2.05) is 6.92 Å². The number of ketones is 2. The van der Waals surface area contributed by atoms with E-state index in [0.717, 1.165) is 12.0 Å². The van der Waals surface area contributed by atoms with Crippen molar-refractivity contribution in [1.82, 2.24) is 0 Å². The third-order valence-corrected chi connectivity index (χ3v) is 3.61. The Morgan fingerprint density at radius 2 is 1.52 bits per heavy atom. The van der Waals surface area contributed by atoms with Gasteiger partial charge in [-0.1, -0.05) is 37.3 Å². The normalized spacial score (nSPS) is 11.1. The van der Waals surface area contributed by atoms with Gasteiger partial charge in [-0.15, -0.1) is 0 Å². The van der Waals surface area contributed by atoms with Gasteiger partial charge in [0.05, 0.1) is 13.0 Å². The van der Waals surface area contributed by atoms with Gasteiger partial charge in [-0.3, -0.25) is 9.59 Å². The number of allylic oxidation sites excluding steroid dienone is 2. The highest BCUT2D eigenvalue weighted by molar-refractivity contribution is 6.10. The second-order valence-electron chi connectivity index (χ2n) is 5.94. The highest BCUT2D eigenvalue weighted by Gasteiger charge is 2.05. The SMILES string of the molecule is CCCOc1cc(/C=C/C(=O)CC(=O)/C=C/c2ccc(O)cc2)ccc1O. The van der Waals surface area contributed by atoms with Gasteiger partial charge in [0.15, 0.2) is 23.1 Å². The minimum absolute atomic E-state index is 0.0430. The maximum absolute atomic E-state index is 12.0. The van der Waals surface area contributed by atoms with Gasteiger partial charge in [-0.25, -0.2) is 0 Å². The van der Waals surface area contributed by atoms with Crippen molar-refractivity contribution in [2.75, 3.05) is 6.61 Å². The van der Waals surface area contributed by atoms with E-state index in [1.165, 1.54) is 30.4 Å². The van der Waals surface area contributed by atoms with Gasteiger partial charge < -0.3 is 14.9 Å². The van der Waals surface area contributed by atoms with Crippen LogP contribution in [0.15, 0.2) is 54.6 Å². The van der Waals surface area contributed by atoms with Crippen LogP contribution in [0.5, 0.6) is 17.2 Å². The lowest BCUT2D eigenvalue weighted by molar-refractivity contribution is -0.121. The van der Waals surface area contributed by atoms with Gasteiger partial charge >= 0.3 is 0 Å². The Bertz CT molecular complexity index is 848. The standard InChI is InChI=1S/C22H22O5/c1-2-13-27-22-14-17(7-12-21(22)26)6-11-20(25)15-19(24)10-5-16-3-8-18(23)9-4-16/h3-12,14,23,26H,2,13,15H2,1H3/b10-5+,11-6+. The molecule has 5 nitrogen and oxygen atoms in total. The molecule has 140 valence electrons. The topological polar surface area (TPSA) is 83.8 Å². The quantitative estimate of drug-likeness (QED) is 0.515. The number of carbonyl (C=O) groups excluding carboxylic acids is 2. The molecule has 0 atom stereocenters. The number of ether oxygens (including phenoxy) is 1. The average Bonchev–Trinajstić information content (AvgIpc) is 2.66. The van der Waals surface area contributed by atoms with E-state index in [0.29, 0.717) is 17.9 Å². The summed E-state index contributed by atoms with van der Waals surface area (Å²) in [7, 11) is 0. The minimum Gasteiger partial charge on any atom is -0.508 e. The van der Waals surface area contributed by atoms with E-state index >= 15 is 0 Å². The Labute approximate surface area is 158 Å². The zero-order valence-corrected chi connectivity index (χ0v) is 15.1. The van der Waals surface area contributed by atoms with Crippen LogP contribution in [0.25, 0.3) is 12.2 Å². The molecule has 5 heteroatoms. The average molecular weight is 366 g/mol. The number of benzene rings is 2. The summed E-state index contributed by atoms with van der Waals surface area (Å²) in [4.78, 5) is 23.8. The molecule has 0 bridgehead atoms. The molecule has 2 rings (SSSR count). The monoisotopic (exact) mass is 366 g/mol. The van der Waals surface area contributed by atoms with E-state index in [2.05, 4.69) is 0 Å². The van der Waals surface area contributed by atoms with Gasteiger partial charge in [0.1, 0.15) is 5.75 Å². The first kappa shape index (κ1) is 20.0. The van der Waals surface area contributed by atoms with E-state index in [1.54, 1.807) is 36.4 Å². The lowest BCUT2D eigenvalue weighted by atomic mass is 10.1. The molecule has 27 heavy (non-hydrogen) atoms. The number of carbonyl (C=O) groups is 2. The second-order valence-corrected chi connectivity index (χ2v) is 5.94. The molecule has 0 saturated carbocycles. The molecule has 2 aromatic carbocycles. The van der Waals surface area contributed by atoms with Crippen LogP contribution in [0.1, 0.15) is 30.9 Å². The molecule has 0 aliphatic rings. The predicted octanol–water partition coefficient (Wildman–Crippen LogP) is 4.14. The van der Waals surface area contributed by atoms with Crippen molar-refractivity contribution < 1.29 is 24.5 Å². The van der Waals surface area contributed by atoms with Crippen LogP contribution >= 0.6 is 0 Å². The van der Waals surface area contributed by atoms with Crippen LogP contribution in [0.3, 0.4) is 0 Å². The summed E-state index contributed by atoms with van der Waals surface area (Å²) in [5.41, 5.74) is 1.45. The molecule has 0 aromatic heterocycles. The molecule has 0 aliphatic heterocycles. The Morgan fingerprint density at radius 3 is 2.15 bits per heavy atom. The fraction of sp³-hybridized carbons (Fsp3) is 0.182. The van der Waals surface area contributed by atoms with Crippen molar-refractivity contribution in [1.29, 1.82) is 0 Å². The molecule has 2 aromatic rings. The summed E-state index contributed by atoms with van der Waals surface area (Å²) in [5.74, 6) is -0.0769. The molecule has 0 saturated heterocycles. The van der Waals surface area contributed by atoms with E-state index in [4.69, 9.17) is 4.74 Å². The Hall–Kier alpha value is -3.34. The lowest BCUT2D eigenvalue weighted by Crippen LogP contribution is -2.01. The van der Waals surface area contributed by atoms with Gasteiger partial charge in [0, 0.05) is 0 Å². The maximum Gasteiger partial charge on any atom is 0.163 e. The fourth-order valence-corrected chi connectivity index (χ4v) is 2.22. The number of phenolic OH excluding ortho intramolecular Hbond substituents is 2. The summed E-state index contributed by atoms with van der Waals surface area (Å²) < 4.78 is 5.43. The summed E-state index contributed by atoms with van der Waals surface area (Å²) >= 11 is 0. The zero-order chi connectivity index (χ0) is 19.6. The van der Waals surface area contributed by atoms with Crippen molar-refractivity contribution >= 4 is 23.7 Å². The summed E-state index contributed by atoms with van der Waals surface area (Å²) in [6.45, 7) is 2.45. The lowest BCUT2D eigenvalue weighted by Gasteiger charge is -2.07. The summed E-state index contributed by atoms with van der Waals surface area (Å²) in [6.07, 6.45) is 6.44. The second kappa shape index (κ2) is 9.97. The van der Waals surface area contributed by atoms with Crippen molar-refractivity contribution in [2.45, 2.75) is 19.8 Å². The number of hydrogen-bond acceptors (Lipinski definition) is 5. The first-order valence-corrected chi connectivity index (χ1v) is 8.64. The number of phenols is 2. The molecule has 2 N–H and O–H groups in total. The van der Waals surface area contributed by atoms with Gasteiger partial charge in [-0.05, 0) is 54.0 Å². The number of hydrogen-bond donors (Lipinski definition) is 2. The van der Waals surface area contributed by atoms with Crippen molar-refractivity contribution in [3.63, 3.8) is 0 Å². The third kappa shape index (κ3) is 6.82. The molecule has 0 unspecified atom stereocenters. The first-order chi connectivity index (χ1) is 13.0. The zero-order valence-electron chi connectivity index (χ0n) is 15.1. The molecule has 0 radical (unpaired) electrons. The van der Waals surface area contributed by atoms with E-state index in [9.17, 15) is 19.8 Å². The maximum atomic E-state index is 12.0. The van der Waals surface area contributed by atoms with Crippen LogP contribution in [0.2, 0.25) is 0 Å². The molecule has 0 spiro atoms. The van der Waals surface area contributed by atoms with Gasteiger partial charge in [0.2, 0.25) is 0 Å². The highest BCUT2D eigenvalue weighted by atomic mass is 16.5. The van der Waals surface area contributed by atoms with Crippen LogP contribution in [0.4, 0.5) is 0 Å². The molecule has 0 aliphatic carbocycles. The molecular weight excluding hydrogens is 344 g/mol. The summed E-state index contributed by atoms with van der Waals surface area (Å²) in [6, 6.07) is 11.2. The minimum atomic E-state index is -0.320. The Balaban J connectivity index is 1.92. The van der Waals surface area contributed by atoms with Gasteiger partial charge in [-0.2, -0.15) is 0 Å². The fourth-order valence-electron chi connectivity index (χ4n) is 2.22. The van der Waals surface area contributed by atoms with Crippen LogP contribution < -0.4 is 4.74 Å². The van der Waals surface area contributed by atoms with Crippen molar-refractivity contribution in [2.24, 2.45) is 0 Å². The van der Waals surface area contributed by atoms with Crippen LogP contribution in [-0.2, 0) is 9.59 Å². The third-order valence-electron chi connectivity index (χ3n) is 3.61. The molecule has 0 fully saturated rings. The van der Waals surface area contributed by atoms with E-state index in [-0.39, 0.29) is 29.5 Å². The van der Waals surface area contributed by atoms with E-state index < -0.39 is 0 Å². The van der Waals surface area contributed by atoms with Gasteiger partial charge in [0.25, 0.3) is 0 Å². The number of rotatable bonds is 9. The first-order valence-electron chi connectivity index (χ1n) is 8.64. The molecule has 0 amide bonds. The Kier molecular flexibility index (Phi) is 7.37. The highest BCUT2D eigenvalue weighted by Crippen LogP contribution is 2.27.